The molecule has 1 aliphatic rings. The summed E-state index contributed by atoms with van der Waals surface area (Å²) < 4.78 is 5.57. The molecule has 0 spiro atoms. The molecule has 2 atom stereocenters. The second kappa shape index (κ2) is 6.60. The average molecular weight is 327 g/mol. The summed E-state index contributed by atoms with van der Waals surface area (Å²) in [6.45, 7) is 5.48. The first-order chi connectivity index (χ1) is 11.4. The molecule has 1 aromatic carbocycles. The maximum Gasteiger partial charge on any atom is 0.156 e. The van der Waals surface area contributed by atoms with E-state index in [1.807, 2.05) is 6.07 Å². The van der Waals surface area contributed by atoms with E-state index in [9.17, 15) is 0 Å². The zero-order valence-corrected chi connectivity index (χ0v) is 15.5. The molecule has 1 saturated carbocycles. The van der Waals surface area contributed by atoms with Gasteiger partial charge in [-0.1, -0.05) is 37.2 Å². The lowest BCUT2D eigenvalue weighted by Crippen LogP contribution is -2.56. The van der Waals surface area contributed by atoms with Crippen molar-refractivity contribution in [3.05, 3.63) is 47.9 Å². The van der Waals surface area contributed by atoms with Gasteiger partial charge in [-0.15, -0.1) is 0 Å². The molecule has 1 heterocycles. The molecule has 0 bridgehead atoms. The average Bonchev–Trinajstić information content (AvgIpc) is 2.98. The second-order valence-corrected chi connectivity index (χ2v) is 7.91. The van der Waals surface area contributed by atoms with Gasteiger partial charge in [0.15, 0.2) is 5.76 Å². The molecule has 0 saturated heterocycles. The van der Waals surface area contributed by atoms with Gasteiger partial charge in [-0.3, -0.25) is 0 Å². The third-order valence-corrected chi connectivity index (χ3v) is 5.70. The van der Waals surface area contributed by atoms with Crippen LogP contribution >= 0.6 is 0 Å². The van der Waals surface area contributed by atoms with E-state index in [1.54, 1.807) is 0 Å². The van der Waals surface area contributed by atoms with Gasteiger partial charge in [0.1, 0.15) is 0 Å². The number of anilines is 1. The Morgan fingerprint density at radius 1 is 1.17 bits per heavy atom. The molecule has 130 valence electrons. The van der Waals surface area contributed by atoms with Crippen molar-refractivity contribution in [3.63, 3.8) is 0 Å². The standard InChI is InChI=1S/C20H29N3O/c1-20(2)15(12-19(20)22(3)4)11-16-13-18(24-21-16)14-23(5)17-9-7-6-8-10-17/h6-10,13,15,19H,11-12,14H2,1-5H3. The van der Waals surface area contributed by atoms with Crippen LogP contribution in [0.15, 0.2) is 40.9 Å². The summed E-state index contributed by atoms with van der Waals surface area (Å²) in [4.78, 5) is 4.53. The van der Waals surface area contributed by atoms with Crippen LogP contribution in [-0.2, 0) is 13.0 Å². The summed E-state index contributed by atoms with van der Waals surface area (Å²) in [6.07, 6.45) is 2.25. The highest BCUT2D eigenvalue weighted by atomic mass is 16.5. The fourth-order valence-electron chi connectivity index (χ4n) is 4.00. The van der Waals surface area contributed by atoms with Gasteiger partial charge in [0, 0.05) is 24.8 Å². The van der Waals surface area contributed by atoms with Crippen LogP contribution in [0.2, 0.25) is 0 Å². The monoisotopic (exact) mass is 327 g/mol. The number of aromatic nitrogens is 1. The Kier molecular flexibility index (Phi) is 4.68. The van der Waals surface area contributed by atoms with Crippen LogP contribution in [0.3, 0.4) is 0 Å². The predicted octanol–water partition coefficient (Wildman–Crippen LogP) is 3.83. The molecule has 24 heavy (non-hydrogen) atoms. The van der Waals surface area contributed by atoms with E-state index in [0.717, 1.165) is 24.4 Å². The lowest BCUT2D eigenvalue weighted by molar-refractivity contribution is -0.0421. The van der Waals surface area contributed by atoms with Crippen molar-refractivity contribution in [2.24, 2.45) is 11.3 Å². The van der Waals surface area contributed by atoms with Crippen LogP contribution in [0.1, 0.15) is 31.7 Å². The quantitative estimate of drug-likeness (QED) is 0.807. The lowest BCUT2D eigenvalue weighted by atomic mass is 9.57. The lowest BCUT2D eigenvalue weighted by Gasteiger charge is -2.55. The zero-order chi connectivity index (χ0) is 17.3. The minimum Gasteiger partial charge on any atom is -0.367 e. The SMILES string of the molecule is CN(Cc1cc(CC2CC(N(C)C)C2(C)C)no1)c1ccccc1. The highest BCUT2D eigenvalue weighted by molar-refractivity contribution is 5.45. The summed E-state index contributed by atoms with van der Waals surface area (Å²) in [5.74, 6) is 1.60. The first-order valence-corrected chi connectivity index (χ1v) is 8.75. The Balaban J connectivity index is 1.59. The van der Waals surface area contributed by atoms with Crippen molar-refractivity contribution in [2.75, 3.05) is 26.0 Å². The molecule has 3 rings (SSSR count). The largest absolute Gasteiger partial charge is 0.367 e. The van der Waals surface area contributed by atoms with Crippen LogP contribution in [0.25, 0.3) is 0 Å². The molecule has 2 unspecified atom stereocenters. The maximum absolute atomic E-state index is 5.57. The molecular formula is C20H29N3O. The molecule has 0 radical (unpaired) electrons. The van der Waals surface area contributed by atoms with Gasteiger partial charge in [-0.2, -0.15) is 0 Å². The number of para-hydroxylation sites is 1. The van der Waals surface area contributed by atoms with Crippen molar-refractivity contribution in [2.45, 2.75) is 39.3 Å². The molecule has 0 amide bonds. The van der Waals surface area contributed by atoms with Crippen molar-refractivity contribution in [1.82, 2.24) is 10.1 Å². The van der Waals surface area contributed by atoms with Crippen molar-refractivity contribution >= 4 is 5.69 Å². The van der Waals surface area contributed by atoms with E-state index in [2.05, 4.69) is 80.3 Å². The summed E-state index contributed by atoms with van der Waals surface area (Å²) in [5, 5.41) is 4.30. The van der Waals surface area contributed by atoms with Gasteiger partial charge in [0.25, 0.3) is 0 Å². The number of hydrogen-bond donors (Lipinski definition) is 0. The third-order valence-electron chi connectivity index (χ3n) is 5.70. The molecule has 1 aromatic heterocycles. The maximum atomic E-state index is 5.57. The molecule has 0 N–H and O–H groups in total. The summed E-state index contributed by atoms with van der Waals surface area (Å²) in [7, 11) is 6.43. The number of nitrogens with zero attached hydrogens (tertiary/aromatic N) is 3. The number of hydrogen-bond acceptors (Lipinski definition) is 4. The van der Waals surface area contributed by atoms with Crippen molar-refractivity contribution in [1.29, 1.82) is 0 Å². The Hall–Kier alpha value is -1.81. The first-order valence-electron chi connectivity index (χ1n) is 8.75. The van der Waals surface area contributed by atoms with Crippen LogP contribution in [0, 0.1) is 11.3 Å². The summed E-state index contributed by atoms with van der Waals surface area (Å²) >= 11 is 0. The second-order valence-electron chi connectivity index (χ2n) is 7.91. The molecule has 1 aliphatic carbocycles. The van der Waals surface area contributed by atoms with Gasteiger partial charge >= 0.3 is 0 Å². The minimum atomic E-state index is 0.337. The van der Waals surface area contributed by atoms with E-state index < -0.39 is 0 Å². The van der Waals surface area contributed by atoms with Gasteiger partial charge in [-0.25, -0.2) is 0 Å². The van der Waals surface area contributed by atoms with Gasteiger partial charge in [0.2, 0.25) is 0 Å². The van der Waals surface area contributed by atoms with Gasteiger partial charge in [0.05, 0.1) is 12.2 Å². The van der Waals surface area contributed by atoms with Crippen LogP contribution in [-0.4, -0.2) is 37.2 Å². The first kappa shape index (κ1) is 17.0. The normalized spacial score (nSPS) is 22.4. The Morgan fingerprint density at radius 3 is 2.50 bits per heavy atom. The van der Waals surface area contributed by atoms with E-state index in [1.165, 1.54) is 12.1 Å². The van der Waals surface area contributed by atoms with Gasteiger partial charge in [-0.05, 0) is 50.4 Å². The number of benzene rings is 1. The van der Waals surface area contributed by atoms with Crippen LogP contribution in [0.4, 0.5) is 5.69 Å². The molecule has 4 heteroatoms. The number of rotatable bonds is 6. The fraction of sp³-hybridized carbons (Fsp3) is 0.550. The highest BCUT2D eigenvalue weighted by Crippen LogP contribution is 2.49. The Morgan fingerprint density at radius 2 is 1.88 bits per heavy atom. The van der Waals surface area contributed by atoms with E-state index in [0.29, 0.717) is 17.4 Å². The Labute approximate surface area is 145 Å². The fourth-order valence-corrected chi connectivity index (χ4v) is 4.00. The van der Waals surface area contributed by atoms with E-state index >= 15 is 0 Å². The molecule has 4 nitrogen and oxygen atoms in total. The summed E-state index contributed by atoms with van der Waals surface area (Å²) in [6, 6.07) is 13.1. The molecular weight excluding hydrogens is 298 g/mol. The van der Waals surface area contributed by atoms with E-state index in [-0.39, 0.29) is 0 Å². The van der Waals surface area contributed by atoms with Crippen molar-refractivity contribution < 1.29 is 4.52 Å². The molecule has 2 aromatic rings. The minimum absolute atomic E-state index is 0.337. The smallest absolute Gasteiger partial charge is 0.156 e. The van der Waals surface area contributed by atoms with Crippen LogP contribution in [0.5, 0.6) is 0 Å². The Bertz CT molecular complexity index is 663. The molecule has 0 aliphatic heterocycles. The zero-order valence-electron chi connectivity index (χ0n) is 15.5. The van der Waals surface area contributed by atoms with Crippen molar-refractivity contribution in [3.8, 4) is 0 Å². The third kappa shape index (κ3) is 3.34. The predicted molar refractivity (Wildman–Crippen MR) is 98.1 cm³/mol. The molecule has 1 fully saturated rings. The van der Waals surface area contributed by atoms with E-state index in [4.69, 9.17) is 4.52 Å². The summed E-state index contributed by atoms with van der Waals surface area (Å²) in [5.41, 5.74) is 2.61. The topological polar surface area (TPSA) is 32.5 Å². The van der Waals surface area contributed by atoms with Crippen LogP contribution < -0.4 is 4.90 Å². The highest BCUT2D eigenvalue weighted by Gasteiger charge is 2.48. The van der Waals surface area contributed by atoms with Gasteiger partial charge < -0.3 is 14.3 Å².